The van der Waals surface area contributed by atoms with Crippen molar-refractivity contribution in [2.75, 3.05) is 0 Å². The van der Waals surface area contributed by atoms with Gasteiger partial charge in [0.1, 0.15) is 5.71 Å². The molecule has 0 saturated heterocycles. The van der Waals surface area contributed by atoms with E-state index in [0.717, 1.165) is 0 Å². The summed E-state index contributed by atoms with van der Waals surface area (Å²) >= 11 is 0. The van der Waals surface area contributed by atoms with Crippen molar-refractivity contribution >= 4 is 11.7 Å². The van der Waals surface area contributed by atoms with Gasteiger partial charge in [-0.2, -0.15) is 5.10 Å². The molecular weight excluding hydrogens is 132 g/mol. The second kappa shape index (κ2) is 4.39. The predicted molar refractivity (Wildman–Crippen MR) is 37.3 cm³/mol. The molecule has 0 aliphatic heterocycles. The highest BCUT2D eigenvalue weighted by Gasteiger charge is 1.98. The highest BCUT2D eigenvalue weighted by atomic mass is 16.4. The molecule has 0 bridgehead atoms. The lowest BCUT2D eigenvalue weighted by Gasteiger charge is -1.88. The van der Waals surface area contributed by atoms with Gasteiger partial charge in [-0.05, 0) is 13.8 Å². The van der Waals surface area contributed by atoms with Crippen molar-refractivity contribution in [1.82, 2.24) is 5.43 Å². The Morgan fingerprint density at radius 2 is 2.30 bits per heavy atom. The number of hydrogen-bond donors (Lipinski definition) is 2. The van der Waals surface area contributed by atoms with Crippen molar-refractivity contribution < 1.29 is 9.90 Å². The summed E-state index contributed by atoms with van der Waals surface area (Å²) in [6.07, 6.45) is 0. The lowest BCUT2D eigenvalue weighted by atomic mass is 10.4. The quantitative estimate of drug-likeness (QED) is 0.246. The van der Waals surface area contributed by atoms with E-state index < -0.39 is 5.97 Å². The molecule has 0 aromatic heterocycles. The molecule has 0 atom stereocenters. The number of hydrogen-bond acceptors (Lipinski definition) is 3. The maximum absolute atomic E-state index is 10.1. The Kier molecular flexibility index (Phi) is 3.73. The summed E-state index contributed by atoms with van der Waals surface area (Å²) in [5, 5.41) is 11.7. The van der Waals surface area contributed by atoms with Gasteiger partial charge in [0.2, 0.25) is 0 Å². The number of carbonyl (C=O) groups is 1. The number of hydrazone groups is 1. The van der Waals surface area contributed by atoms with Crippen LogP contribution in [-0.4, -0.2) is 16.8 Å². The van der Waals surface area contributed by atoms with Gasteiger partial charge in [0, 0.05) is 6.04 Å². The number of nitrogens with one attached hydrogen (secondary N) is 1. The van der Waals surface area contributed by atoms with Crippen LogP contribution in [0.15, 0.2) is 5.10 Å². The fourth-order valence-corrected chi connectivity index (χ4v) is 0.216. The van der Waals surface area contributed by atoms with Gasteiger partial charge in [-0.25, -0.2) is 10.2 Å². The summed E-state index contributed by atoms with van der Waals surface area (Å²) in [7, 11) is 0. The summed E-state index contributed by atoms with van der Waals surface area (Å²) in [5.74, 6) is 1.45. The first-order valence-corrected chi connectivity index (χ1v) is 2.62. The third-order valence-corrected chi connectivity index (χ3v) is 0.714. The van der Waals surface area contributed by atoms with Crippen molar-refractivity contribution in [2.45, 2.75) is 13.8 Å². The maximum atomic E-state index is 10.1. The van der Waals surface area contributed by atoms with E-state index in [0.29, 0.717) is 0 Å². The molecule has 0 aliphatic rings. The first-order chi connectivity index (χ1) is 4.68. The fraction of sp³-hybridized carbons (Fsp3) is 0.333. The van der Waals surface area contributed by atoms with Gasteiger partial charge in [0.05, 0.1) is 0 Å². The SMILES string of the molecule is CC#CNN=C(C)C(=O)O. The van der Waals surface area contributed by atoms with Crippen molar-refractivity contribution in [3.8, 4) is 12.0 Å². The molecule has 0 fully saturated rings. The Bertz CT molecular complexity index is 210. The maximum Gasteiger partial charge on any atom is 0.351 e. The van der Waals surface area contributed by atoms with Crippen molar-refractivity contribution in [3.05, 3.63) is 0 Å². The summed E-state index contributed by atoms with van der Waals surface area (Å²) in [4.78, 5) is 10.1. The third kappa shape index (κ3) is 3.50. The van der Waals surface area contributed by atoms with Crippen LogP contribution >= 0.6 is 0 Å². The molecule has 0 amide bonds. The zero-order valence-corrected chi connectivity index (χ0v) is 5.80. The Morgan fingerprint density at radius 3 is 2.70 bits per heavy atom. The van der Waals surface area contributed by atoms with E-state index in [-0.39, 0.29) is 5.71 Å². The van der Waals surface area contributed by atoms with E-state index in [2.05, 4.69) is 22.5 Å². The topological polar surface area (TPSA) is 61.7 Å². The van der Waals surface area contributed by atoms with Gasteiger partial charge < -0.3 is 5.11 Å². The zero-order valence-electron chi connectivity index (χ0n) is 5.80. The average molecular weight is 140 g/mol. The van der Waals surface area contributed by atoms with Crippen LogP contribution in [-0.2, 0) is 4.79 Å². The molecule has 54 valence electrons. The minimum absolute atomic E-state index is 0.0113. The molecule has 0 heterocycles. The molecule has 0 saturated carbocycles. The Labute approximate surface area is 58.9 Å². The number of carboxylic acids is 1. The fourth-order valence-electron chi connectivity index (χ4n) is 0.216. The van der Waals surface area contributed by atoms with Crippen LogP contribution in [0.1, 0.15) is 13.8 Å². The van der Waals surface area contributed by atoms with Gasteiger partial charge in [-0.3, -0.25) is 0 Å². The normalized spacial score (nSPS) is 9.60. The molecule has 4 heteroatoms. The van der Waals surface area contributed by atoms with Gasteiger partial charge in [0.25, 0.3) is 0 Å². The van der Waals surface area contributed by atoms with E-state index in [4.69, 9.17) is 5.11 Å². The molecule has 4 nitrogen and oxygen atoms in total. The number of nitrogens with zero attached hydrogens (tertiary/aromatic N) is 1. The van der Waals surface area contributed by atoms with Crippen LogP contribution < -0.4 is 5.43 Å². The van der Waals surface area contributed by atoms with Crippen LogP contribution in [0.5, 0.6) is 0 Å². The second-order valence-corrected chi connectivity index (χ2v) is 1.49. The second-order valence-electron chi connectivity index (χ2n) is 1.49. The summed E-state index contributed by atoms with van der Waals surface area (Å²) in [6, 6.07) is 2.38. The molecule has 0 aromatic rings. The largest absolute Gasteiger partial charge is 0.477 e. The predicted octanol–water partition coefficient (Wildman–Crippen LogP) is 0.0173. The first-order valence-electron chi connectivity index (χ1n) is 2.62. The lowest BCUT2D eigenvalue weighted by Crippen LogP contribution is -2.11. The minimum Gasteiger partial charge on any atom is -0.477 e. The molecule has 0 spiro atoms. The summed E-state index contributed by atoms with van der Waals surface area (Å²) < 4.78 is 0. The Hall–Kier alpha value is -1.50. The van der Waals surface area contributed by atoms with Crippen molar-refractivity contribution in [1.29, 1.82) is 0 Å². The van der Waals surface area contributed by atoms with Crippen LogP contribution in [0.4, 0.5) is 0 Å². The van der Waals surface area contributed by atoms with Crippen molar-refractivity contribution in [3.63, 3.8) is 0 Å². The average Bonchev–Trinajstić information content (AvgIpc) is 1.88. The Morgan fingerprint density at radius 1 is 1.70 bits per heavy atom. The standard InChI is InChI=1S/C6H8N2O2/c1-3-4-7-8-5(2)6(9)10/h7H,1-2H3,(H,9,10). The van der Waals surface area contributed by atoms with Gasteiger partial charge in [-0.15, -0.1) is 0 Å². The monoisotopic (exact) mass is 140 g/mol. The Balaban J connectivity index is 3.88. The van der Waals surface area contributed by atoms with E-state index in [9.17, 15) is 4.79 Å². The van der Waals surface area contributed by atoms with Gasteiger partial charge >= 0.3 is 5.97 Å². The van der Waals surface area contributed by atoms with Crippen LogP contribution in [0.3, 0.4) is 0 Å². The lowest BCUT2D eigenvalue weighted by molar-refractivity contribution is -0.129. The molecular formula is C6H8N2O2. The summed E-state index contributed by atoms with van der Waals surface area (Å²) in [5.41, 5.74) is 2.25. The number of aliphatic carboxylic acids is 1. The molecule has 0 radical (unpaired) electrons. The van der Waals surface area contributed by atoms with Crippen LogP contribution in [0.2, 0.25) is 0 Å². The van der Waals surface area contributed by atoms with Crippen LogP contribution in [0, 0.1) is 12.0 Å². The third-order valence-electron chi connectivity index (χ3n) is 0.714. The van der Waals surface area contributed by atoms with Crippen molar-refractivity contribution in [2.24, 2.45) is 5.10 Å². The number of carboxylic acid groups (broad SMARTS) is 1. The van der Waals surface area contributed by atoms with E-state index in [1.165, 1.54) is 6.92 Å². The number of rotatable bonds is 2. The van der Waals surface area contributed by atoms with E-state index in [1.54, 1.807) is 6.92 Å². The minimum atomic E-state index is -1.05. The molecule has 0 rings (SSSR count). The highest BCUT2D eigenvalue weighted by Crippen LogP contribution is 1.72. The first kappa shape index (κ1) is 8.50. The van der Waals surface area contributed by atoms with E-state index >= 15 is 0 Å². The molecule has 2 N–H and O–H groups in total. The summed E-state index contributed by atoms with van der Waals surface area (Å²) in [6.45, 7) is 3.01. The van der Waals surface area contributed by atoms with Gasteiger partial charge in [-0.1, -0.05) is 5.92 Å². The van der Waals surface area contributed by atoms with Gasteiger partial charge in [0.15, 0.2) is 0 Å². The molecule has 10 heavy (non-hydrogen) atoms. The zero-order chi connectivity index (χ0) is 7.98. The van der Waals surface area contributed by atoms with Crippen LogP contribution in [0.25, 0.3) is 0 Å². The highest BCUT2D eigenvalue weighted by molar-refractivity contribution is 6.34. The smallest absolute Gasteiger partial charge is 0.351 e. The van der Waals surface area contributed by atoms with E-state index in [1.807, 2.05) is 0 Å². The molecule has 0 aromatic carbocycles. The molecule has 0 aliphatic carbocycles. The molecule has 0 unspecified atom stereocenters.